The molecule has 0 unspecified atom stereocenters. The molecule has 4 heterocycles. The molecule has 0 spiro atoms. The summed E-state index contributed by atoms with van der Waals surface area (Å²) in [7, 11) is 0. The smallest absolute Gasteiger partial charge is 0.164 e. The molecule has 0 bridgehead atoms. The summed E-state index contributed by atoms with van der Waals surface area (Å²) >= 11 is 0. The number of aromatic nitrogens is 6. The lowest BCUT2D eigenvalue weighted by Gasteiger charge is -2.23. The van der Waals surface area contributed by atoms with Gasteiger partial charge in [-0.25, -0.2) is 14.6 Å². The van der Waals surface area contributed by atoms with E-state index < -0.39 is 0 Å². The number of hydrogen-bond acceptors (Lipinski definition) is 6. The molecular formula is C19H19N8. The van der Waals surface area contributed by atoms with Gasteiger partial charge in [0.1, 0.15) is 17.8 Å². The first kappa shape index (κ1) is 16.0. The Labute approximate surface area is 155 Å². The highest BCUT2D eigenvalue weighted by molar-refractivity contribution is 5.98. The van der Waals surface area contributed by atoms with Gasteiger partial charge in [0.05, 0.1) is 17.1 Å². The highest BCUT2D eigenvalue weighted by atomic mass is 15.3. The Hall–Kier alpha value is -3.26. The molecule has 0 atom stereocenters. The highest BCUT2D eigenvalue weighted by Gasteiger charge is 2.23. The van der Waals surface area contributed by atoms with Crippen molar-refractivity contribution in [1.29, 1.82) is 0 Å². The molecule has 0 saturated carbocycles. The van der Waals surface area contributed by atoms with Crippen LogP contribution in [0.15, 0.2) is 36.8 Å². The van der Waals surface area contributed by atoms with E-state index in [4.69, 9.17) is 10.8 Å². The van der Waals surface area contributed by atoms with Crippen molar-refractivity contribution in [1.82, 2.24) is 35.3 Å². The van der Waals surface area contributed by atoms with Crippen LogP contribution in [0.25, 0.3) is 33.5 Å². The minimum Gasteiger partial charge on any atom is -0.383 e. The molecule has 1 aliphatic rings. The second-order valence-electron chi connectivity index (χ2n) is 6.69. The maximum absolute atomic E-state index is 6.21. The van der Waals surface area contributed by atoms with Crippen molar-refractivity contribution >= 4 is 16.9 Å². The molecule has 1 radical (unpaired) electrons. The zero-order valence-corrected chi connectivity index (χ0v) is 14.7. The van der Waals surface area contributed by atoms with Crippen LogP contribution in [0.1, 0.15) is 18.9 Å². The molecule has 8 heteroatoms. The van der Waals surface area contributed by atoms with E-state index in [1.54, 1.807) is 6.20 Å². The highest BCUT2D eigenvalue weighted by Crippen LogP contribution is 2.34. The van der Waals surface area contributed by atoms with Crippen LogP contribution >= 0.6 is 0 Å². The number of anilines is 1. The number of nitrogen functional groups attached to an aromatic ring is 1. The van der Waals surface area contributed by atoms with Gasteiger partial charge in [-0.15, -0.1) is 0 Å². The Morgan fingerprint density at radius 2 is 1.85 bits per heavy atom. The van der Waals surface area contributed by atoms with Crippen molar-refractivity contribution in [2.45, 2.75) is 18.9 Å². The van der Waals surface area contributed by atoms with E-state index in [1.807, 2.05) is 28.9 Å². The Bertz CT molecular complexity index is 1060. The summed E-state index contributed by atoms with van der Waals surface area (Å²) in [6, 6.07) is 11.5. The monoisotopic (exact) mass is 359 g/mol. The average Bonchev–Trinajstić information content (AvgIpc) is 3.38. The molecule has 0 aliphatic carbocycles. The topological polar surface area (TPSA) is 110 Å². The Morgan fingerprint density at radius 1 is 1.07 bits per heavy atom. The first-order valence-corrected chi connectivity index (χ1v) is 9.03. The third-order valence-corrected chi connectivity index (χ3v) is 5.05. The lowest BCUT2D eigenvalue weighted by atomic mass is 10.1. The lowest BCUT2D eigenvalue weighted by Crippen LogP contribution is -2.30. The third-order valence-electron chi connectivity index (χ3n) is 5.05. The number of H-pyrrole nitrogens is 1. The number of piperidine rings is 1. The van der Waals surface area contributed by atoms with Gasteiger partial charge in [-0.3, -0.25) is 5.10 Å². The zero-order chi connectivity index (χ0) is 18.2. The van der Waals surface area contributed by atoms with Gasteiger partial charge in [-0.2, -0.15) is 10.2 Å². The van der Waals surface area contributed by atoms with Crippen molar-refractivity contribution < 1.29 is 0 Å². The summed E-state index contributed by atoms with van der Waals surface area (Å²) in [5.41, 5.74) is 10.6. The van der Waals surface area contributed by atoms with E-state index in [-0.39, 0.29) is 0 Å². The van der Waals surface area contributed by atoms with Crippen molar-refractivity contribution in [2.24, 2.45) is 0 Å². The summed E-state index contributed by atoms with van der Waals surface area (Å²) in [6.07, 6.45) is 5.24. The fourth-order valence-corrected chi connectivity index (χ4v) is 3.67. The Kier molecular flexibility index (Phi) is 3.83. The van der Waals surface area contributed by atoms with Crippen molar-refractivity contribution in [3.63, 3.8) is 0 Å². The third kappa shape index (κ3) is 2.74. The summed E-state index contributed by atoms with van der Waals surface area (Å²) in [5.74, 6) is 0.458. The van der Waals surface area contributed by atoms with Gasteiger partial charge in [-0.1, -0.05) is 24.3 Å². The number of fused-ring (bicyclic) bond motifs is 1. The van der Waals surface area contributed by atoms with Crippen LogP contribution < -0.4 is 11.1 Å². The number of aromatic amines is 1. The molecule has 1 fully saturated rings. The van der Waals surface area contributed by atoms with Crippen LogP contribution in [0.4, 0.5) is 5.82 Å². The molecule has 4 N–H and O–H groups in total. The average molecular weight is 359 g/mol. The van der Waals surface area contributed by atoms with E-state index >= 15 is 0 Å². The fourth-order valence-electron chi connectivity index (χ4n) is 3.67. The second kappa shape index (κ2) is 6.48. The number of nitrogens with one attached hydrogen (secondary N) is 2. The molecule has 5 rings (SSSR count). The van der Waals surface area contributed by atoms with E-state index in [2.05, 4.69) is 31.5 Å². The van der Waals surface area contributed by atoms with Gasteiger partial charge < -0.3 is 11.1 Å². The number of nitrogens with two attached hydrogens (primary N) is 1. The van der Waals surface area contributed by atoms with E-state index in [0.29, 0.717) is 11.9 Å². The van der Waals surface area contributed by atoms with E-state index in [9.17, 15) is 0 Å². The zero-order valence-electron chi connectivity index (χ0n) is 14.7. The van der Waals surface area contributed by atoms with E-state index in [0.717, 1.165) is 59.5 Å². The molecule has 3 aromatic heterocycles. The molecule has 1 aliphatic heterocycles. The van der Waals surface area contributed by atoms with Gasteiger partial charge in [0, 0.05) is 23.4 Å². The van der Waals surface area contributed by atoms with Gasteiger partial charge in [-0.05, 0) is 25.9 Å². The molecule has 1 saturated heterocycles. The molecular weight excluding hydrogens is 340 g/mol. The molecule has 135 valence electrons. The molecule has 4 aromatic rings. The molecule has 27 heavy (non-hydrogen) atoms. The van der Waals surface area contributed by atoms with Gasteiger partial charge in [0.25, 0.3) is 0 Å². The van der Waals surface area contributed by atoms with Crippen LogP contribution in [0.5, 0.6) is 0 Å². The summed E-state index contributed by atoms with van der Waals surface area (Å²) in [4.78, 5) is 8.68. The summed E-state index contributed by atoms with van der Waals surface area (Å²) in [6.45, 7) is 1.97. The van der Waals surface area contributed by atoms with Crippen LogP contribution in [-0.2, 0) is 0 Å². The Balaban J connectivity index is 1.62. The Morgan fingerprint density at radius 3 is 2.59 bits per heavy atom. The van der Waals surface area contributed by atoms with Crippen molar-refractivity contribution in [3.8, 4) is 22.5 Å². The van der Waals surface area contributed by atoms with Crippen molar-refractivity contribution in [3.05, 3.63) is 42.9 Å². The minimum atomic E-state index is 0.315. The van der Waals surface area contributed by atoms with Crippen LogP contribution in [0, 0.1) is 6.07 Å². The fraction of sp³-hybridized carbons (Fsp3) is 0.263. The molecule has 1 aromatic carbocycles. The van der Waals surface area contributed by atoms with E-state index in [1.165, 1.54) is 6.33 Å². The van der Waals surface area contributed by atoms with Crippen LogP contribution in [0.2, 0.25) is 0 Å². The summed E-state index contributed by atoms with van der Waals surface area (Å²) < 4.78 is 2.03. The van der Waals surface area contributed by atoms with Crippen molar-refractivity contribution in [2.75, 3.05) is 18.8 Å². The predicted molar refractivity (Wildman–Crippen MR) is 103 cm³/mol. The maximum atomic E-state index is 6.21. The first-order valence-electron chi connectivity index (χ1n) is 9.03. The largest absolute Gasteiger partial charge is 0.383 e. The lowest BCUT2D eigenvalue weighted by molar-refractivity contribution is 0.350. The van der Waals surface area contributed by atoms with Gasteiger partial charge in [0.2, 0.25) is 0 Å². The normalized spacial score (nSPS) is 15.4. The standard InChI is InChI=1S/C19H19N8/c20-18-16-17(13-3-1-12(2-4-13)15-7-10-24-25-15)26-27(19(16)23-11-22-18)14-5-8-21-9-6-14/h1-4,10-11,14,21H,5-6,8-9H2,(H,24,25)(H2,20,22,23). The number of hydrogen-bond donors (Lipinski definition) is 3. The van der Waals surface area contributed by atoms with Crippen LogP contribution in [-0.4, -0.2) is 43.0 Å². The van der Waals surface area contributed by atoms with Gasteiger partial charge in [0.15, 0.2) is 5.65 Å². The number of rotatable bonds is 3. The minimum absolute atomic E-state index is 0.315. The number of benzene rings is 1. The molecule has 0 amide bonds. The quantitative estimate of drug-likeness (QED) is 0.517. The summed E-state index contributed by atoms with van der Waals surface area (Å²) in [5, 5.41) is 16.1. The number of nitrogens with zero attached hydrogens (tertiary/aromatic N) is 5. The second-order valence-corrected chi connectivity index (χ2v) is 6.69. The van der Waals surface area contributed by atoms with Crippen LogP contribution in [0.3, 0.4) is 0 Å². The maximum Gasteiger partial charge on any atom is 0.164 e. The van der Waals surface area contributed by atoms with Gasteiger partial charge >= 0.3 is 0 Å². The first-order chi connectivity index (χ1) is 13.3. The molecule has 8 nitrogen and oxygen atoms in total. The predicted octanol–water partition coefficient (Wildman–Crippen LogP) is 2.19. The SMILES string of the molecule is Nc1ncnc2c1c(-c1ccc(-c3[c]c[nH]n3)cc1)nn2C1CCNCC1.